The van der Waals surface area contributed by atoms with Crippen molar-refractivity contribution in [3.05, 3.63) is 24.3 Å². The maximum atomic E-state index is 12.0. The van der Waals surface area contributed by atoms with Crippen LogP contribution in [0, 0.1) is 11.8 Å². The van der Waals surface area contributed by atoms with Crippen LogP contribution in [0.1, 0.15) is 33.6 Å². The molecule has 1 atom stereocenters. The lowest BCUT2D eigenvalue weighted by molar-refractivity contribution is 0.536. The number of sulfonamides is 1. The maximum absolute atomic E-state index is 12.0. The fraction of sp³-hybridized carbons (Fsp3) is 0.600. The summed E-state index contributed by atoms with van der Waals surface area (Å²) in [6, 6.07) is 6.85. The van der Waals surface area contributed by atoms with Gasteiger partial charge in [-0.3, -0.25) is 0 Å². The molecule has 1 saturated carbocycles. The molecule has 1 fully saturated rings. The Morgan fingerprint density at radius 1 is 1.15 bits per heavy atom. The zero-order valence-electron chi connectivity index (χ0n) is 12.4. The zero-order chi connectivity index (χ0) is 14.8. The number of rotatable bonds is 7. The monoisotopic (exact) mass is 296 g/mol. The van der Waals surface area contributed by atoms with Gasteiger partial charge in [0.05, 0.1) is 4.90 Å². The lowest BCUT2D eigenvalue weighted by atomic mass is 10.1. The van der Waals surface area contributed by atoms with Crippen LogP contribution in [0.2, 0.25) is 0 Å². The molecule has 112 valence electrons. The number of anilines is 1. The first-order chi connectivity index (χ1) is 9.38. The van der Waals surface area contributed by atoms with Crippen molar-refractivity contribution in [1.29, 1.82) is 0 Å². The number of hydrogen-bond donors (Lipinski definition) is 2. The molecule has 0 aliphatic heterocycles. The van der Waals surface area contributed by atoms with Gasteiger partial charge >= 0.3 is 0 Å². The normalized spacial score (nSPS) is 17.2. The maximum Gasteiger partial charge on any atom is 0.240 e. The highest BCUT2D eigenvalue weighted by Gasteiger charge is 2.27. The van der Waals surface area contributed by atoms with Crippen LogP contribution in [0.25, 0.3) is 0 Å². The Bertz CT molecular complexity index is 533. The predicted molar refractivity (Wildman–Crippen MR) is 82.3 cm³/mol. The predicted octanol–water partition coefficient (Wildman–Crippen LogP) is 2.83. The summed E-state index contributed by atoms with van der Waals surface area (Å²) >= 11 is 0. The Morgan fingerprint density at radius 3 is 2.25 bits per heavy atom. The molecule has 0 saturated heterocycles. The molecule has 1 aromatic rings. The Morgan fingerprint density at radius 2 is 1.75 bits per heavy atom. The second-order valence-corrected chi connectivity index (χ2v) is 7.71. The second-order valence-electron chi connectivity index (χ2n) is 6.00. The third-order valence-electron chi connectivity index (χ3n) is 3.61. The van der Waals surface area contributed by atoms with Crippen LogP contribution < -0.4 is 10.0 Å². The van der Waals surface area contributed by atoms with E-state index >= 15 is 0 Å². The summed E-state index contributed by atoms with van der Waals surface area (Å²) in [4.78, 5) is 0.312. The lowest BCUT2D eigenvalue weighted by Gasteiger charge is -2.13. The third kappa shape index (κ3) is 4.21. The summed E-state index contributed by atoms with van der Waals surface area (Å²) in [7, 11) is -3.39. The molecule has 0 amide bonds. The van der Waals surface area contributed by atoms with E-state index in [4.69, 9.17) is 0 Å². The lowest BCUT2D eigenvalue weighted by Crippen LogP contribution is -2.30. The minimum atomic E-state index is -3.39. The van der Waals surface area contributed by atoms with Crippen molar-refractivity contribution < 1.29 is 8.42 Å². The molecule has 0 aromatic heterocycles. The molecule has 1 aliphatic carbocycles. The molecular formula is C15H24N2O2S. The molecule has 5 heteroatoms. The van der Waals surface area contributed by atoms with Gasteiger partial charge in [-0.25, -0.2) is 13.1 Å². The highest BCUT2D eigenvalue weighted by molar-refractivity contribution is 7.89. The number of benzene rings is 1. The van der Waals surface area contributed by atoms with Crippen molar-refractivity contribution >= 4 is 15.7 Å². The van der Waals surface area contributed by atoms with E-state index in [0.717, 1.165) is 18.2 Å². The highest BCUT2D eigenvalue weighted by atomic mass is 32.2. The van der Waals surface area contributed by atoms with Gasteiger partial charge in [0.15, 0.2) is 0 Å². The van der Waals surface area contributed by atoms with Gasteiger partial charge < -0.3 is 5.32 Å². The summed E-state index contributed by atoms with van der Waals surface area (Å²) in [5, 5.41) is 3.37. The molecule has 0 spiro atoms. The van der Waals surface area contributed by atoms with E-state index in [2.05, 4.69) is 17.0 Å². The first kappa shape index (κ1) is 15.3. The molecule has 4 nitrogen and oxygen atoms in total. The van der Waals surface area contributed by atoms with Gasteiger partial charge in [0, 0.05) is 18.3 Å². The molecular weight excluding hydrogens is 272 g/mol. The summed E-state index contributed by atoms with van der Waals surface area (Å²) in [5.41, 5.74) is 0.973. The number of nitrogens with one attached hydrogen (secondary N) is 2. The fourth-order valence-corrected chi connectivity index (χ4v) is 3.49. The SMILES string of the molecule is CC(C)NS(=O)(=O)c1ccc(NCC(C)C2CC2)cc1. The van der Waals surface area contributed by atoms with Crippen molar-refractivity contribution in [3.8, 4) is 0 Å². The van der Waals surface area contributed by atoms with Crippen LogP contribution in [0.3, 0.4) is 0 Å². The van der Waals surface area contributed by atoms with E-state index in [9.17, 15) is 8.42 Å². The standard InChI is InChI=1S/C15H24N2O2S/c1-11(2)17-20(18,19)15-8-6-14(7-9-15)16-10-12(3)13-4-5-13/h6-9,11-13,16-17H,4-5,10H2,1-3H3. The van der Waals surface area contributed by atoms with Crippen molar-refractivity contribution in [2.75, 3.05) is 11.9 Å². The van der Waals surface area contributed by atoms with E-state index in [1.165, 1.54) is 12.8 Å². The van der Waals surface area contributed by atoms with Crippen molar-refractivity contribution in [3.63, 3.8) is 0 Å². The Balaban J connectivity index is 1.95. The largest absolute Gasteiger partial charge is 0.385 e. The van der Waals surface area contributed by atoms with E-state index < -0.39 is 10.0 Å². The Hall–Kier alpha value is -1.07. The van der Waals surface area contributed by atoms with Crippen molar-refractivity contribution in [2.45, 2.75) is 44.6 Å². The Labute approximate surface area is 122 Å². The third-order valence-corrected chi connectivity index (χ3v) is 5.28. The molecule has 2 N–H and O–H groups in total. The summed E-state index contributed by atoms with van der Waals surface area (Å²) in [6.07, 6.45) is 2.70. The second kappa shape index (κ2) is 6.14. The van der Waals surface area contributed by atoms with E-state index in [-0.39, 0.29) is 6.04 Å². The first-order valence-corrected chi connectivity index (χ1v) is 8.73. The average Bonchev–Trinajstić information content (AvgIpc) is 3.19. The molecule has 2 rings (SSSR count). The quantitative estimate of drug-likeness (QED) is 0.813. The molecule has 1 aromatic carbocycles. The van der Waals surface area contributed by atoms with Crippen molar-refractivity contribution in [1.82, 2.24) is 4.72 Å². The first-order valence-electron chi connectivity index (χ1n) is 7.25. The molecule has 1 unspecified atom stereocenters. The van der Waals surface area contributed by atoms with E-state index in [0.29, 0.717) is 10.8 Å². The van der Waals surface area contributed by atoms with Gasteiger partial charge in [-0.1, -0.05) is 6.92 Å². The summed E-state index contributed by atoms with van der Waals surface area (Å²) < 4.78 is 26.6. The van der Waals surface area contributed by atoms with Crippen LogP contribution >= 0.6 is 0 Å². The van der Waals surface area contributed by atoms with Crippen LogP contribution in [0.5, 0.6) is 0 Å². The van der Waals surface area contributed by atoms with Crippen molar-refractivity contribution in [2.24, 2.45) is 11.8 Å². The van der Waals surface area contributed by atoms with Gasteiger partial charge in [0.25, 0.3) is 0 Å². The van der Waals surface area contributed by atoms with Gasteiger partial charge in [0.2, 0.25) is 10.0 Å². The summed E-state index contributed by atoms with van der Waals surface area (Å²) in [6.45, 7) is 6.83. The summed E-state index contributed by atoms with van der Waals surface area (Å²) in [5.74, 6) is 1.55. The molecule has 20 heavy (non-hydrogen) atoms. The van der Waals surface area contributed by atoms with Crippen LogP contribution in [0.4, 0.5) is 5.69 Å². The topological polar surface area (TPSA) is 58.2 Å². The van der Waals surface area contributed by atoms with E-state index in [1.54, 1.807) is 12.1 Å². The number of hydrogen-bond acceptors (Lipinski definition) is 3. The van der Waals surface area contributed by atoms with Crippen LogP contribution in [-0.2, 0) is 10.0 Å². The fourth-order valence-electron chi connectivity index (χ4n) is 2.24. The van der Waals surface area contributed by atoms with Gasteiger partial charge in [-0.15, -0.1) is 0 Å². The van der Waals surface area contributed by atoms with E-state index in [1.807, 2.05) is 26.0 Å². The molecule has 0 heterocycles. The van der Waals surface area contributed by atoms with Crippen LogP contribution in [0.15, 0.2) is 29.2 Å². The minimum Gasteiger partial charge on any atom is -0.385 e. The average molecular weight is 296 g/mol. The molecule has 1 aliphatic rings. The molecule has 0 bridgehead atoms. The van der Waals surface area contributed by atoms with Gasteiger partial charge in [-0.2, -0.15) is 0 Å². The molecule has 0 radical (unpaired) electrons. The highest BCUT2D eigenvalue weighted by Crippen LogP contribution is 2.36. The zero-order valence-corrected chi connectivity index (χ0v) is 13.2. The smallest absolute Gasteiger partial charge is 0.240 e. The Kier molecular flexibility index (Phi) is 4.70. The van der Waals surface area contributed by atoms with Gasteiger partial charge in [-0.05, 0) is 62.8 Å². The minimum absolute atomic E-state index is 0.0998. The van der Waals surface area contributed by atoms with Crippen LogP contribution in [-0.4, -0.2) is 21.0 Å². The van der Waals surface area contributed by atoms with Gasteiger partial charge in [0.1, 0.15) is 0 Å².